The summed E-state index contributed by atoms with van der Waals surface area (Å²) in [5.41, 5.74) is 3.46. The largest absolute Gasteiger partial charge is 0.491 e. The Kier molecular flexibility index (Phi) is 4.25. The molecule has 0 saturated heterocycles. The molecule has 0 saturated carbocycles. The molecule has 0 amide bonds. The molecule has 2 aromatic carbocycles. The van der Waals surface area contributed by atoms with E-state index in [1.807, 2.05) is 38.1 Å². The van der Waals surface area contributed by atoms with Crippen LogP contribution in [0.15, 0.2) is 48.5 Å². The molecule has 112 valence electrons. The number of para-hydroxylation sites is 1. The Hall–Kier alpha value is -2.13. The lowest BCUT2D eigenvalue weighted by Gasteiger charge is -2.10. The Morgan fingerprint density at radius 3 is 2.50 bits per heavy atom. The molecular weight excluding hydrogens is 290 g/mol. The molecule has 0 fully saturated rings. The molecule has 0 aliphatic carbocycles. The van der Waals surface area contributed by atoms with Crippen LogP contribution in [0, 0.1) is 0 Å². The molecule has 3 aromatic rings. The summed E-state index contributed by atoms with van der Waals surface area (Å²) < 4.78 is 6.90. The van der Waals surface area contributed by atoms with Gasteiger partial charge in [-0.2, -0.15) is 0 Å². The number of rotatable bonds is 4. The van der Waals surface area contributed by atoms with Crippen LogP contribution in [0.4, 0.5) is 0 Å². The minimum atomic E-state index is 0.199. The number of thiazole rings is 1. The van der Waals surface area contributed by atoms with Crippen molar-refractivity contribution < 1.29 is 4.74 Å². The van der Waals surface area contributed by atoms with Crippen molar-refractivity contribution in [3.8, 4) is 5.75 Å². The van der Waals surface area contributed by atoms with Gasteiger partial charge in [0.1, 0.15) is 10.8 Å². The zero-order valence-corrected chi connectivity index (χ0v) is 13.9. The van der Waals surface area contributed by atoms with E-state index in [0.717, 1.165) is 16.3 Å². The predicted octanol–water partition coefficient (Wildman–Crippen LogP) is 5.64. The van der Waals surface area contributed by atoms with Crippen LogP contribution >= 0.6 is 11.3 Å². The second-order valence-electron chi connectivity index (χ2n) is 5.54. The second kappa shape index (κ2) is 6.32. The van der Waals surface area contributed by atoms with Gasteiger partial charge in [-0.1, -0.05) is 24.3 Å². The summed E-state index contributed by atoms with van der Waals surface area (Å²) in [6.07, 6.45) is 2.34. The molecule has 0 aliphatic heterocycles. The highest BCUT2D eigenvalue weighted by Crippen LogP contribution is 2.26. The summed E-state index contributed by atoms with van der Waals surface area (Å²) in [6.45, 7) is 6.18. The number of ether oxygens (including phenoxy) is 1. The second-order valence-corrected chi connectivity index (χ2v) is 6.60. The fourth-order valence-corrected chi connectivity index (χ4v) is 3.26. The maximum absolute atomic E-state index is 5.68. The maximum atomic E-state index is 5.68. The van der Waals surface area contributed by atoms with Crippen LogP contribution < -0.4 is 4.74 Å². The minimum absolute atomic E-state index is 0.199. The fourth-order valence-electron chi connectivity index (χ4n) is 2.29. The molecule has 1 aromatic heterocycles. The predicted molar refractivity (Wildman–Crippen MR) is 95.4 cm³/mol. The highest BCUT2D eigenvalue weighted by molar-refractivity contribution is 7.19. The first-order chi connectivity index (χ1) is 10.6. The zero-order chi connectivity index (χ0) is 15.5. The van der Waals surface area contributed by atoms with Crippen LogP contribution in [0.1, 0.15) is 31.3 Å². The van der Waals surface area contributed by atoms with Crippen LogP contribution in [0.25, 0.3) is 21.9 Å². The van der Waals surface area contributed by atoms with Gasteiger partial charge >= 0.3 is 0 Å². The van der Waals surface area contributed by atoms with Crippen molar-refractivity contribution in [2.45, 2.75) is 26.9 Å². The molecule has 0 spiro atoms. The Bertz CT molecular complexity index is 767. The topological polar surface area (TPSA) is 22.1 Å². The van der Waals surface area contributed by atoms with Crippen LogP contribution in [-0.2, 0) is 0 Å². The first-order valence-electron chi connectivity index (χ1n) is 7.43. The third-order valence-corrected chi connectivity index (χ3v) is 4.32. The molecule has 3 heteroatoms. The van der Waals surface area contributed by atoms with E-state index in [1.54, 1.807) is 11.3 Å². The van der Waals surface area contributed by atoms with Crippen molar-refractivity contribution in [1.82, 2.24) is 4.98 Å². The van der Waals surface area contributed by atoms with E-state index in [9.17, 15) is 0 Å². The number of fused-ring (bicyclic) bond motifs is 1. The molecule has 3 rings (SSSR count). The Morgan fingerprint density at radius 1 is 1.09 bits per heavy atom. The molecule has 2 nitrogen and oxygen atoms in total. The number of hydrogen-bond donors (Lipinski definition) is 0. The van der Waals surface area contributed by atoms with E-state index in [4.69, 9.17) is 4.74 Å². The molecule has 22 heavy (non-hydrogen) atoms. The molecule has 0 aliphatic rings. The van der Waals surface area contributed by atoms with Gasteiger partial charge in [0.15, 0.2) is 0 Å². The maximum Gasteiger partial charge on any atom is 0.119 e. The van der Waals surface area contributed by atoms with Gasteiger partial charge in [-0.05, 0) is 62.2 Å². The summed E-state index contributed by atoms with van der Waals surface area (Å²) in [5.74, 6) is 0.909. The number of aromatic nitrogens is 1. The normalized spacial score (nSPS) is 12.1. The first-order valence-corrected chi connectivity index (χ1v) is 8.24. The number of benzene rings is 2. The van der Waals surface area contributed by atoms with Gasteiger partial charge in [-0.15, -0.1) is 11.3 Å². The highest BCUT2D eigenvalue weighted by atomic mass is 32.1. The van der Waals surface area contributed by atoms with E-state index in [1.165, 1.54) is 15.8 Å². The van der Waals surface area contributed by atoms with Crippen LogP contribution in [0.5, 0.6) is 5.75 Å². The van der Waals surface area contributed by atoms with Crippen molar-refractivity contribution in [2.24, 2.45) is 0 Å². The zero-order valence-electron chi connectivity index (χ0n) is 13.0. The van der Waals surface area contributed by atoms with Gasteiger partial charge in [-0.3, -0.25) is 0 Å². The molecule has 0 bridgehead atoms. The standard InChI is InChI=1S/C19H19NOS/c1-13(2)21-16-10-8-15(9-11-16)14(3)12-19-20-17-6-4-5-7-18(17)22-19/h4-13H,1-3H3. The molecule has 0 N–H and O–H groups in total. The van der Waals surface area contributed by atoms with Gasteiger partial charge in [-0.25, -0.2) is 4.98 Å². The van der Waals surface area contributed by atoms with Crippen molar-refractivity contribution in [3.63, 3.8) is 0 Å². The molecule has 1 heterocycles. The molecule has 0 radical (unpaired) electrons. The monoisotopic (exact) mass is 309 g/mol. The average Bonchev–Trinajstić information content (AvgIpc) is 2.89. The summed E-state index contributed by atoms with van der Waals surface area (Å²) in [6, 6.07) is 16.5. The SMILES string of the molecule is CC(=Cc1nc2ccccc2s1)c1ccc(OC(C)C)cc1. The van der Waals surface area contributed by atoms with Gasteiger partial charge in [0.2, 0.25) is 0 Å². The summed E-state index contributed by atoms with van der Waals surface area (Å²) >= 11 is 1.72. The van der Waals surface area contributed by atoms with E-state index in [-0.39, 0.29) is 6.10 Å². The number of allylic oxidation sites excluding steroid dienone is 1. The molecule has 0 unspecified atom stereocenters. The highest BCUT2D eigenvalue weighted by Gasteiger charge is 2.03. The van der Waals surface area contributed by atoms with Crippen molar-refractivity contribution >= 4 is 33.2 Å². The quantitative estimate of drug-likeness (QED) is 0.622. The van der Waals surface area contributed by atoms with Gasteiger partial charge in [0, 0.05) is 0 Å². The lowest BCUT2D eigenvalue weighted by Crippen LogP contribution is -2.05. The van der Waals surface area contributed by atoms with Crippen molar-refractivity contribution in [1.29, 1.82) is 0 Å². The van der Waals surface area contributed by atoms with Crippen LogP contribution in [0.2, 0.25) is 0 Å². The van der Waals surface area contributed by atoms with Gasteiger partial charge in [0.05, 0.1) is 16.3 Å². The lowest BCUT2D eigenvalue weighted by molar-refractivity contribution is 0.242. The van der Waals surface area contributed by atoms with Crippen LogP contribution in [0.3, 0.4) is 0 Å². The summed E-state index contributed by atoms with van der Waals surface area (Å²) in [4.78, 5) is 4.65. The summed E-state index contributed by atoms with van der Waals surface area (Å²) in [7, 11) is 0. The van der Waals surface area contributed by atoms with E-state index < -0.39 is 0 Å². The Morgan fingerprint density at radius 2 is 1.82 bits per heavy atom. The van der Waals surface area contributed by atoms with E-state index >= 15 is 0 Å². The summed E-state index contributed by atoms with van der Waals surface area (Å²) in [5, 5.41) is 1.04. The van der Waals surface area contributed by atoms with E-state index in [0.29, 0.717) is 0 Å². The first kappa shape index (κ1) is 14.8. The van der Waals surface area contributed by atoms with E-state index in [2.05, 4.69) is 42.2 Å². The smallest absolute Gasteiger partial charge is 0.119 e. The molecule has 0 atom stereocenters. The Labute approximate surface area is 135 Å². The van der Waals surface area contributed by atoms with Crippen LogP contribution in [-0.4, -0.2) is 11.1 Å². The molecular formula is C19H19NOS. The Balaban J connectivity index is 1.84. The number of nitrogens with zero attached hydrogens (tertiary/aromatic N) is 1. The lowest BCUT2D eigenvalue weighted by atomic mass is 10.1. The van der Waals surface area contributed by atoms with Crippen molar-refractivity contribution in [3.05, 3.63) is 59.1 Å². The fraction of sp³-hybridized carbons (Fsp3) is 0.211. The third-order valence-electron chi connectivity index (χ3n) is 3.33. The minimum Gasteiger partial charge on any atom is -0.491 e. The average molecular weight is 309 g/mol. The number of hydrogen-bond acceptors (Lipinski definition) is 3. The third kappa shape index (κ3) is 3.37. The van der Waals surface area contributed by atoms with Gasteiger partial charge in [0.25, 0.3) is 0 Å². The van der Waals surface area contributed by atoms with Crippen molar-refractivity contribution in [2.75, 3.05) is 0 Å². The van der Waals surface area contributed by atoms with Gasteiger partial charge < -0.3 is 4.74 Å².